The minimum Gasteiger partial charge on any atom is -0.463 e. The highest BCUT2D eigenvalue weighted by atomic mass is 16.5. The molecule has 0 unspecified atom stereocenters. The van der Waals surface area contributed by atoms with Gasteiger partial charge in [-0.25, -0.2) is 4.79 Å². The molecule has 3 aromatic heterocycles. The lowest BCUT2D eigenvalue weighted by Crippen LogP contribution is -2.29. The van der Waals surface area contributed by atoms with Crippen LogP contribution in [-0.2, 0) is 4.74 Å². The first-order valence-corrected chi connectivity index (χ1v) is 9.83. The van der Waals surface area contributed by atoms with E-state index in [0.29, 0.717) is 46.3 Å². The van der Waals surface area contributed by atoms with E-state index in [-0.39, 0.29) is 5.91 Å². The molecule has 1 amide bonds. The summed E-state index contributed by atoms with van der Waals surface area (Å²) in [7, 11) is 0. The third kappa shape index (κ3) is 3.09. The van der Waals surface area contributed by atoms with E-state index < -0.39 is 12.0 Å². The molecule has 0 aliphatic carbocycles. The lowest BCUT2D eigenvalue weighted by Gasteiger charge is -2.25. The summed E-state index contributed by atoms with van der Waals surface area (Å²) in [6, 6.07) is 15.4. The van der Waals surface area contributed by atoms with Gasteiger partial charge in [0.25, 0.3) is 5.91 Å². The molecule has 0 saturated carbocycles. The van der Waals surface area contributed by atoms with E-state index in [9.17, 15) is 9.59 Å². The third-order valence-corrected chi connectivity index (χ3v) is 5.15. The van der Waals surface area contributed by atoms with Gasteiger partial charge >= 0.3 is 5.97 Å². The number of amides is 1. The number of ether oxygens (including phenoxy) is 1. The molecule has 0 bridgehead atoms. The number of aromatic nitrogens is 3. The van der Waals surface area contributed by atoms with Crippen molar-refractivity contribution in [1.29, 1.82) is 0 Å². The summed E-state index contributed by atoms with van der Waals surface area (Å²) in [6.45, 7) is 2.05. The summed E-state index contributed by atoms with van der Waals surface area (Å²) >= 11 is 0. The predicted molar refractivity (Wildman–Crippen MR) is 112 cm³/mol. The average molecular weight is 414 g/mol. The Balaban J connectivity index is 1.62. The van der Waals surface area contributed by atoms with Gasteiger partial charge in [-0.3, -0.25) is 19.8 Å². The number of pyridine rings is 1. The number of nitrogens with zero attached hydrogens (tertiary/aromatic N) is 3. The summed E-state index contributed by atoms with van der Waals surface area (Å²) in [5.74, 6) is -0.0816. The zero-order valence-electron chi connectivity index (χ0n) is 16.6. The molecule has 5 rings (SSSR count). The number of esters is 1. The number of anilines is 1. The molecule has 0 fully saturated rings. The van der Waals surface area contributed by atoms with E-state index >= 15 is 0 Å². The van der Waals surface area contributed by atoms with Gasteiger partial charge in [-0.05, 0) is 55.5 Å². The molecule has 1 aromatic carbocycles. The quantitative estimate of drug-likeness (QED) is 0.496. The Kier molecular flexibility index (Phi) is 4.59. The lowest BCUT2D eigenvalue weighted by molar-refractivity contribution is 0.0526. The zero-order valence-corrected chi connectivity index (χ0v) is 16.6. The van der Waals surface area contributed by atoms with Crippen molar-refractivity contribution in [3.05, 3.63) is 89.6 Å². The first kappa shape index (κ1) is 18.8. The van der Waals surface area contributed by atoms with Gasteiger partial charge in [0, 0.05) is 17.4 Å². The Morgan fingerprint density at radius 1 is 1.16 bits per heavy atom. The number of hydrogen-bond acceptors (Lipinski definition) is 6. The molecule has 154 valence electrons. The predicted octanol–water partition coefficient (Wildman–Crippen LogP) is 3.99. The van der Waals surface area contributed by atoms with Crippen molar-refractivity contribution in [2.75, 3.05) is 11.5 Å². The van der Waals surface area contributed by atoms with Crippen molar-refractivity contribution < 1.29 is 18.7 Å². The number of hydrogen-bond donors (Lipinski definition) is 1. The van der Waals surface area contributed by atoms with Crippen molar-refractivity contribution in [2.45, 2.75) is 13.0 Å². The Morgan fingerprint density at radius 3 is 2.68 bits per heavy atom. The second-order valence-electron chi connectivity index (χ2n) is 6.94. The van der Waals surface area contributed by atoms with E-state index in [1.165, 1.54) is 0 Å². The molecule has 8 heteroatoms. The number of nitrogens with one attached hydrogen (secondary N) is 1. The first-order chi connectivity index (χ1) is 15.2. The fraction of sp³-hybridized carbons (Fsp3) is 0.130. The molecule has 0 spiro atoms. The Hall–Kier alpha value is -4.20. The Labute approximate surface area is 177 Å². The van der Waals surface area contributed by atoms with Gasteiger partial charge < -0.3 is 9.15 Å². The molecule has 4 heterocycles. The molecule has 0 saturated heterocycles. The van der Waals surface area contributed by atoms with Crippen molar-refractivity contribution in [1.82, 2.24) is 15.2 Å². The van der Waals surface area contributed by atoms with E-state index in [4.69, 9.17) is 9.15 Å². The molecule has 8 nitrogen and oxygen atoms in total. The summed E-state index contributed by atoms with van der Waals surface area (Å²) in [4.78, 5) is 31.5. The van der Waals surface area contributed by atoms with E-state index in [0.717, 1.165) is 0 Å². The molecule has 1 atom stereocenters. The number of benzene rings is 1. The highest BCUT2D eigenvalue weighted by Gasteiger charge is 2.44. The summed E-state index contributed by atoms with van der Waals surface area (Å²) < 4.78 is 10.6. The molecule has 0 radical (unpaired) electrons. The van der Waals surface area contributed by atoms with Crippen LogP contribution in [-0.4, -0.2) is 33.7 Å². The number of aromatic amines is 1. The fourth-order valence-corrected chi connectivity index (χ4v) is 3.81. The zero-order chi connectivity index (χ0) is 21.4. The molecule has 31 heavy (non-hydrogen) atoms. The van der Waals surface area contributed by atoms with Crippen molar-refractivity contribution >= 4 is 17.6 Å². The number of fused-ring (bicyclic) bond motifs is 1. The van der Waals surface area contributed by atoms with Gasteiger partial charge in [-0.15, -0.1) is 0 Å². The van der Waals surface area contributed by atoms with Crippen LogP contribution in [0.1, 0.15) is 45.1 Å². The van der Waals surface area contributed by atoms with Crippen LogP contribution in [0.15, 0.2) is 71.5 Å². The second-order valence-corrected chi connectivity index (χ2v) is 6.94. The van der Waals surface area contributed by atoms with Crippen LogP contribution < -0.4 is 4.90 Å². The highest BCUT2D eigenvalue weighted by molar-refractivity contribution is 6.11. The smallest absolute Gasteiger partial charge is 0.338 e. The minimum atomic E-state index is -0.504. The monoisotopic (exact) mass is 414 g/mol. The number of rotatable bonds is 5. The van der Waals surface area contributed by atoms with Crippen molar-refractivity contribution in [3.63, 3.8) is 0 Å². The summed E-state index contributed by atoms with van der Waals surface area (Å²) in [6.07, 6.45) is 3.26. The van der Waals surface area contributed by atoms with Crippen LogP contribution in [0.25, 0.3) is 11.5 Å². The number of furan rings is 1. The van der Waals surface area contributed by atoms with Crippen LogP contribution in [0.3, 0.4) is 0 Å². The average Bonchev–Trinajstić information content (AvgIpc) is 3.52. The van der Waals surface area contributed by atoms with Crippen molar-refractivity contribution in [3.8, 4) is 11.5 Å². The maximum absolute atomic E-state index is 13.4. The second kappa shape index (κ2) is 7.56. The van der Waals surface area contributed by atoms with E-state index in [1.54, 1.807) is 54.6 Å². The Bertz CT molecular complexity index is 1230. The molecule has 1 aliphatic rings. The van der Waals surface area contributed by atoms with Gasteiger partial charge in [0.1, 0.15) is 11.7 Å². The maximum Gasteiger partial charge on any atom is 0.338 e. The van der Waals surface area contributed by atoms with Crippen LogP contribution in [0.2, 0.25) is 0 Å². The fourth-order valence-electron chi connectivity index (χ4n) is 3.81. The van der Waals surface area contributed by atoms with Crippen LogP contribution >= 0.6 is 0 Å². The van der Waals surface area contributed by atoms with Gasteiger partial charge in [-0.2, -0.15) is 5.10 Å². The molecule has 1 N–H and O–H groups in total. The van der Waals surface area contributed by atoms with Crippen molar-refractivity contribution in [2.24, 2.45) is 0 Å². The highest BCUT2D eigenvalue weighted by Crippen LogP contribution is 2.44. The molecular weight excluding hydrogens is 396 g/mol. The minimum absolute atomic E-state index is 0.261. The first-order valence-electron chi connectivity index (χ1n) is 9.83. The molecule has 4 aromatic rings. The van der Waals surface area contributed by atoms with E-state index in [1.807, 2.05) is 24.3 Å². The maximum atomic E-state index is 13.4. The summed E-state index contributed by atoms with van der Waals surface area (Å²) in [5.41, 5.74) is 3.39. The Morgan fingerprint density at radius 2 is 2.00 bits per heavy atom. The number of carbonyl (C=O) groups is 2. The normalized spacial score (nSPS) is 15.2. The van der Waals surface area contributed by atoms with E-state index in [2.05, 4.69) is 15.2 Å². The summed E-state index contributed by atoms with van der Waals surface area (Å²) in [5, 5.41) is 7.22. The van der Waals surface area contributed by atoms with Gasteiger partial charge in [0.2, 0.25) is 0 Å². The van der Waals surface area contributed by atoms with Gasteiger partial charge in [0.05, 0.1) is 24.1 Å². The van der Waals surface area contributed by atoms with Crippen LogP contribution in [0, 0.1) is 0 Å². The largest absolute Gasteiger partial charge is 0.463 e. The topological polar surface area (TPSA) is 101 Å². The van der Waals surface area contributed by atoms with Crippen LogP contribution in [0.5, 0.6) is 0 Å². The van der Waals surface area contributed by atoms with Gasteiger partial charge in [-0.1, -0.05) is 6.07 Å². The lowest BCUT2D eigenvalue weighted by atomic mass is 10.0. The number of H-pyrrole nitrogens is 1. The third-order valence-electron chi connectivity index (χ3n) is 5.15. The van der Waals surface area contributed by atoms with Gasteiger partial charge in [0.15, 0.2) is 11.5 Å². The number of carbonyl (C=O) groups excluding carboxylic acids is 2. The molecular formula is C23H18N4O4. The standard InChI is InChI=1S/C23H18N4O4/c1-2-30-23(29)14-8-10-15(11-9-14)27-21(16-6-3-4-12-24-16)18-19(17-7-5-13-31-17)25-26-20(18)22(27)28/h3-13,21H,2H2,1H3,(H,25,26)/t21-/m0/s1. The SMILES string of the molecule is CCOC(=O)c1ccc(N2C(=O)c3n[nH]c(-c4ccco4)c3[C@@H]2c2ccccn2)cc1. The van der Waals surface area contributed by atoms with Crippen LogP contribution in [0.4, 0.5) is 5.69 Å². The molecule has 1 aliphatic heterocycles.